The minimum atomic E-state index is -3.91. The first-order valence-electron chi connectivity index (χ1n) is 7.99. The van der Waals surface area contributed by atoms with Crippen molar-refractivity contribution in [1.29, 1.82) is 0 Å². The molecule has 0 unspecified atom stereocenters. The van der Waals surface area contributed by atoms with Crippen LogP contribution in [0.15, 0.2) is 58.3 Å². The van der Waals surface area contributed by atoms with Crippen LogP contribution < -0.4 is 5.32 Å². The molecule has 152 valence electrons. The molecular weight excluding hydrogens is 426 g/mol. The number of para-hydroxylation sites is 1. The number of hydrogen-bond donors (Lipinski definition) is 1. The Hall–Kier alpha value is -1.98. The average Bonchev–Trinajstić information content (AvgIpc) is 2.62. The second kappa shape index (κ2) is 8.58. The van der Waals surface area contributed by atoms with Crippen molar-refractivity contribution < 1.29 is 21.6 Å². The van der Waals surface area contributed by atoms with Gasteiger partial charge in [-0.3, -0.25) is 4.79 Å². The molecule has 2 aromatic carbocycles. The Balaban J connectivity index is 2.20. The summed E-state index contributed by atoms with van der Waals surface area (Å²) in [7, 11) is -3.68. The van der Waals surface area contributed by atoms with Gasteiger partial charge in [-0.15, -0.1) is 0 Å². The maximum absolute atomic E-state index is 12.5. The number of halogens is 1. The number of carbonyl (C=O) groups excluding carboxylic acids is 1. The lowest BCUT2D eigenvalue weighted by atomic mass is 10.3. The highest BCUT2D eigenvalue weighted by Crippen LogP contribution is 2.23. The van der Waals surface area contributed by atoms with Gasteiger partial charge in [0, 0.05) is 26.2 Å². The summed E-state index contributed by atoms with van der Waals surface area (Å²) in [4.78, 5) is 12.3. The largest absolute Gasteiger partial charge is 0.324 e. The zero-order valence-corrected chi connectivity index (χ0v) is 17.8. The SMILES string of the molecule is CN(C)S(=O)(=O)c1ccccc1NC(=O)CN(C)S(=O)(=O)c1ccc(Cl)cc1. The molecule has 2 rings (SSSR count). The van der Waals surface area contributed by atoms with Crippen molar-refractivity contribution in [2.24, 2.45) is 0 Å². The van der Waals surface area contributed by atoms with Crippen LogP contribution in [0.1, 0.15) is 0 Å². The van der Waals surface area contributed by atoms with Crippen LogP contribution >= 0.6 is 11.6 Å². The lowest BCUT2D eigenvalue weighted by molar-refractivity contribution is -0.116. The summed E-state index contributed by atoms with van der Waals surface area (Å²) < 4.78 is 51.8. The highest BCUT2D eigenvalue weighted by atomic mass is 35.5. The molecular formula is C17H20ClN3O5S2. The summed E-state index contributed by atoms with van der Waals surface area (Å²) in [5, 5.41) is 2.85. The third-order valence-corrected chi connectivity index (χ3v) is 7.75. The molecule has 8 nitrogen and oxygen atoms in total. The molecule has 0 aliphatic carbocycles. The number of anilines is 1. The Bertz CT molecular complexity index is 1070. The molecule has 28 heavy (non-hydrogen) atoms. The molecule has 0 aliphatic heterocycles. The summed E-state index contributed by atoms with van der Waals surface area (Å²) in [6.07, 6.45) is 0. The first kappa shape index (κ1) is 22.3. The number of amides is 1. The van der Waals surface area contributed by atoms with Gasteiger partial charge in [0.25, 0.3) is 0 Å². The molecule has 1 N–H and O–H groups in total. The molecule has 2 aromatic rings. The molecule has 0 fully saturated rings. The maximum atomic E-state index is 12.5. The van der Waals surface area contributed by atoms with Crippen LogP contribution in [0.3, 0.4) is 0 Å². The van der Waals surface area contributed by atoms with E-state index in [-0.39, 0.29) is 15.5 Å². The van der Waals surface area contributed by atoms with Gasteiger partial charge in [0.15, 0.2) is 0 Å². The Morgan fingerprint density at radius 1 is 0.929 bits per heavy atom. The Labute approximate surface area is 169 Å². The van der Waals surface area contributed by atoms with Crippen molar-refractivity contribution in [1.82, 2.24) is 8.61 Å². The van der Waals surface area contributed by atoms with Crippen LogP contribution in [0, 0.1) is 0 Å². The zero-order chi connectivity index (χ0) is 21.1. The number of likely N-dealkylation sites (N-methyl/N-ethyl adjacent to an activating group) is 1. The molecule has 0 spiro atoms. The number of benzene rings is 2. The van der Waals surface area contributed by atoms with Crippen molar-refractivity contribution in [3.63, 3.8) is 0 Å². The van der Waals surface area contributed by atoms with Gasteiger partial charge in [-0.2, -0.15) is 4.31 Å². The molecule has 11 heteroatoms. The van der Waals surface area contributed by atoms with Gasteiger partial charge in [0.05, 0.1) is 17.1 Å². The number of sulfonamides is 2. The second-order valence-corrected chi connectivity index (χ2v) is 10.6. The van der Waals surface area contributed by atoms with Crippen molar-refractivity contribution in [2.75, 3.05) is 33.0 Å². The number of rotatable bonds is 7. The Morgan fingerprint density at radius 3 is 2.07 bits per heavy atom. The van der Waals surface area contributed by atoms with Crippen LogP contribution in [0.25, 0.3) is 0 Å². The van der Waals surface area contributed by atoms with E-state index >= 15 is 0 Å². The maximum Gasteiger partial charge on any atom is 0.244 e. The third kappa shape index (κ3) is 4.89. The van der Waals surface area contributed by atoms with Gasteiger partial charge in [-0.1, -0.05) is 23.7 Å². The predicted molar refractivity (Wildman–Crippen MR) is 107 cm³/mol. The fourth-order valence-electron chi connectivity index (χ4n) is 2.26. The number of carbonyl (C=O) groups is 1. The van der Waals surface area contributed by atoms with Crippen molar-refractivity contribution >= 4 is 43.2 Å². The summed E-state index contributed by atoms with van der Waals surface area (Å²) in [6, 6.07) is 11.4. The third-order valence-electron chi connectivity index (χ3n) is 3.81. The minimum Gasteiger partial charge on any atom is -0.324 e. The van der Waals surface area contributed by atoms with E-state index < -0.39 is 32.5 Å². The van der Waals surface area contributed by atoms with Gasteiger partial charge < -0.3 is 5.32 Å². The lowest BCUT2D eigenvalue weighted by Crippen LogP contribution is -2.35. The van der Waals surface area contributed by atoms with E-state index in [9.17, 15) is 21.6 Å². The van der Waals surface area contributed by atoms with E-state index in [0.29, 0.717) is 5.02 Å². The summed E-state index contributed by atoms with van der Waals surface area (Å²) in [5.74, 6) is -0.679. The highest BCUT2D eigenvalue weighted by Gasteiger charge is 2.25. The topological polar surface area (TPSA) is 104 Å². The molecule has 0 atom stereocenters. The molecule has 0 bridgehead atoms. The van der Waals surface area contributed by atoms with Crippen LogP contribution in [-0.4, -0.2) is 59.0 Å². The summed E-state index contributed by atoms with van der Waals surface area (Å²) in [5.41, 5.74) is 0.0680. The van der Waals surface area contributed by atoms with Gasteiger partial charge in [-0.25, -0.2) is 21.1 Å². The number of nitrogens with one attached hydrogen (secondary N) is 1. The van der Waals surface area contributed by atoms with Crippen LogP contribution in [0.2, 0.25) is 5.02 Å². The number of hydrogen-bond acceptors (Lipinski definition) is 5. The zero-order valence-electron chi connectivity index (χ0n) is 15.5. The predicted octanol–water partition coefficient (Wildman–Crippen LogP) is 1.85. The van der Waals surface area contributed by atoms with E-state index in [1.807, 2.05) is 0 Å². The minimum absolute atomic E-state index is 0.0113. The fraction of sp³-hybridized carbons (Fsp3) is 0.235. The normalized spacial score (nSPS) is 12.4. The van der Waals surface area contributed by atoms with Crippen molar-refractivity contribution in [2.45, 2.75) is 9.79 Å². The Kier molecular flexibility index (Phi) is 6.84. The molecule has 0 radical (unpaired) electrons. The van der Waals surface area contributed by atoms with Crippen LogP contribution in [0.5, 0.6) is 0 Å². The monoisotopic (exact) mass is 445 g/mol. The lowest BCUT2D eigenvalue weighted by Gasteiger charge is -2.18. The van der Waals surface area contributed by atoms with E-state index in [2.05, 4.69) is 5.32 Å². The molecule has 0 saturated carbocycles. The standard InChI is InChI=1S/C17H20ClN3O5S2/c1-20(2)28(25,26)16-7-5-4-6-15(16)19-17(22)12-21(3)27(23,24)14-10-8-13(18)9-11-14/h4-11H,12H2,1-3H3,(H,19,22). The average molecular weight is 446 g/mol. The van der Waals surface area contributed by atoms with Crippen LogP contribution in [-0.2, 0) is 24.8 Å². The fourth-order valence-corrected chi connectivity index (χ4v) is 4.55. The molecule has 0 heterocycles. The van der Waals surface area contributed by atoms with E-state index in [1.54, 1.807) is 6.07 Å². The van der Waals surface area contributed by atoms with E-state index in [1.165, 1.54) is 63.6 Å². The van der Waals surface area contributed by atoms with E-state index in [4.69, 9.17) is 11.6 Å². The van der Waals surface area contributed by atoms with Crippen LogP contribution in [0.4, 0.5) is 5.69 Å². The van der Waals surface area contributed by atoms with Crippen molar-refractivity contribution in [3.8, 4) is 0 Å². The molecule has 0 saturated heterocycles. The second-order valence-electron chi connectivity index (χ2n) is 6.05. The van der Waals surface area contributed by atoms with Gasteiger partial charge >= 0.3 is 0 Å². The van der Waals surface area contributed by atoms with Gasteiger partial charge in [0.1, 0.15) is 4.90 Å². The number of nitrogens with zero attached hydrogens (tertiary/aromatic N) is 2. The highest BCUT2D eigenvalue weighted by molar-refractivity contribution is 7.89. The van der Waals surface area contributed by atoms with E-state index in [0.717, 1.165) is 8.61 Å². The quantitative estimate of drug-likeness (QED) is 0.700. The first-order valence-corrected chi connectivity index (χ1v) is 11.3. The smallest absolute Gasteiger partial charge is 0.244 e. The first-order chi connectivity index (χ1) is 13.0. The van der Waals surface area contributed by atoms with Crippen molar-refractivity contribution in [3.05, 3.63) is 53.6 Å². The summed E-state index contributed by atoms with van der Waals surface area (Å²) in [6.45, 7) is -0.499. The molecule has 0 aromatic heterocycles. The van der Waals surface area contributed by atoms with Gasteiger partial charge in [0.2, 0.25) is 26.0 Å². The molecule has 1 amide bonds. The van der Waals surface area contributed by atoms with Gasteiger partial charge in [-0.05, 0) is 36.4 Å². The Morgan fingerprint density at radius 2 is 1.50 bits per heavy atom. The summed E-state index contributed by atoms with van der Waals surface area (Å²) >= 11 is 5.76. The molecule has 0 aliphatic rings.